The third-order valence-corrected chi connectivity index (χ3v) is 4.70. The summed E-state index contributed by atoms with van der Waals surface area (Å²) < 4.78 is 24.7. The molecule has 7 heteroatoms. The Balaban J connectivity index is 3.10. The van der Waals surface area contributed by atoms with Crippen LogP contribution >= 0.6 is 0 Å². The van der Waals surface area contributed by atoms with Crippen LogP contribution in [-0.2, 0) is 19.6 Å². The third-order valence-electron chi connectivity index (χ3n) is 2.52. The summed E-state index contributed by atoms with van der Waals surface area (Å²) in [5.41, 5.74) is -1.21. The van der Waals surface area contributed by atoms with Crippen LogP contribution in [0.4, 0.5) is 0 Å². The number of sulfonamides is 1. The van der Waals surface area contributed by atoms with Gasteiger partial charge >= 0.3 is 0 Å². The fourth-order valence-corrected chi connectivity index (χ4v) is 3.40. The lowest BCUT2D eigenvalue weighted by molar-refractivity contribution is -0.141. The standard InChI is InChI=1S/C9H16N2O4S/c1-4-5-16(14,15)11-6-7(12)10-8(13)9(11,2)3/h4-6H2,1-3H3,(H,10,12,13). The SMILES string of the molecule is CCCS(=O)(=O)N1CC(=O)NC(=O)C1(C)C. The summed E-state index contributed by atoms with van der Waals surface area (Å²) in [5, 5.41) is 2.13. The Morgan fingerprint density at radius 3 is 2.44 bits per heavy atom. The maximum Gasteiger partial charge on any atom is 0.247 e. The number of carbonyl (C=O) groups excluding carboxylic acids is 2. The Bertz CT molecular complexity index is 413. The quantitative estimate of drug-likeness (QED) is 0.680. The molecule has 1 saturated heterocycles. The molecule has 1 aliphatic rings. The maximum absolute atomic E-state index is 11.9. The molecule has 2 amide bonds. The molecule has 6 nitrogen and oxygen atoms in total. The zero-order valence-corrected chi connectivity index (χ0v) is 10.4. The van der Waals surface area contributed by atoms with Crippen molar-refractivity contribution in [3.63, 3.8) is 0 Å². The molecule has 0 aliphatic carbocycles. The highest BCUT2D eigenvalue weighted by molar-refractivity contribution is 7.89. The van der Waals surface area contributed by atoms with Gasteiger partial charge in [-0.2, -0.15) is 4.31 Å². The lowest BCUT2D eigenvalue weighted by Crippen LogP contribution is -2.65. The smallest absolute Gasteiger partial charge is 0.247 e. The van der Waals surface area contributed by atoms with E-state index in [1.807, 2.05) is 0 Å². The molecule has 1 N–H and O–H groups in total. The van der Waals surface area contributed by atoms with Crippen molar-refractivity contribution in [3.05, 3.63) is 0 Å². The minimum atomic E-state index is -3.56. The molecule has 16 heavy (non-hydrogen) atoms. The Labute approximate surface area is 95.0 Å². The number of rotatable bonds is 3. The molecule has 0 aromatic carbocycles. The van der Waals surface area contributed by atoms with E-state index in [0.717, 1.165) is 4.31 Å². The lowest BCUT2D eigenvalue weighted by atomic mass is 10.0. The van der Waals surface area contributed by atoms with Crippen LogP contribution in [0.25, 0.3) is 0 Å². The number of nitrogens with zero attached hydrogens (tertiary/aromatic N) is 1. The zero-order valence-electron chi connectivity index (χ0n) is 9.61. The van der Waals surface area contributed by atoms with Crippen molar-refractivity contribution in [2.75, 3.05) is 12.3 Å². The Kier molecular flexibility index (Phi) is 3.39. The molecule has 0 aromatic rings. The van der Waals surface area contributed by atoms with Crippen LogP contribution < -0.4 is 5.32 Å². The second-order valence-corrected chi connectivity index (χ2v) is 6.27. The van der Waals surface area contributed by atoms with E-state index in [9.17, 15) is 18.0 Å². The number of piperazine rings is 1. The van der Waals surface area contributed by atoms with Gasteiger partial charge in [-0.3, -0.25) is 14.9 Å². The predicted octanol–water partition coefficient (Wildman–Crippen LogP) is -0.537. The van der Waals surface area contributed by atoms with E-state index in [1.165, 1.54) is 13.8 Å². The summed E-state index contributed by atoms with van der Waals surface area (Å²) in [6, 6.07) is 0. The van der Waals surface area contributed by atoms with Crippen molar-refractivity contribution < 1.29 is 18.0 Å². The van der Waals surface area contributed by atoms with Gasteiger partial charge in [-0.05, 0) is 20.3 Å². The predicted molar refractivity (Wildman–Crippen MR) is 58.0 cm³/mol. The average Bonchev–Trinajstić information content (AvgIpc) is 2.11. The maximum atomic E-state index is 11.9. The van der Waals surface area contributed by atoms with Crippen molar-refractivity contribution in [2.24, 2.45) is 0 Å². The average molecular weight is 248 g/mol. The molecule has 0 aromatic heterocycles. The van der Waals surface area contributed by atoms with Gasteiger partial charge < -0.3 is 0 Å². The molecule has 1 heterocycles. The molecule has 0 saturated carbocycles. The monoisotopic (exact) mass is 248 g/mol. The fourth-order valence-electron chi connectivity index (χ4n) is 1.57. The highest BCUT2D eigenvalue weighted by atomic mass is 32.2. The van der Waals surface area contributed by atoms with Crippen LogP contribution in [0.15, 0.2) is 0 Å². The molecule has 1 rings (SSSR count). The van der Waals surface area contributed by atoms with Gasteiger partial charge in [0.1, 0.15) is 5.54 Å². The molecule has 0 bridgehead atoms. The van der Waals surface area contributed by atoms with Crippen molar-refractivity contribution in [2.45, 2.75) is 32.7 Å². The van der Waals surface area contributed by atoms with Gasteiger partial charge in [0.05, 0.1) is 12.3 Å². The Hall–Kier alpha value is -0.950. The van der Waals surface area contributed by atoms with E-state index >= 15 is 0 Å². The van der Waals surface area contributed by atoms with E-state index in [2.05, 4.69) is 5.32 Å². The van der Waals surface area contributed by atoms with E-state index in [-0.39, 0.29) is 12.3 Å². The minimum Gasteiger partial charge on any atom is -0.294 e. The second kappa shape index (κ2) is 4.14. The summed E-state index contributed by atoms with van der Waals surface area (Å²) in [6.45, 7) is 4.42. The highest BCUT2D eigenvalue weighted by Crippen LogP contribution is 2.22. The van der Waals surface area contributed by atoms with E-state index in [1.54, 1.807) is 6.92 Å². The van der Waals surface area contributed by atoms with Crippen molar-refractivity contribution in [1.82, 2.24) is 9.62 Å². The normalized spacial score (nSPS) is 21.9. The van der Waals surface area contributed by atoms with Gasteiger partial charge in [0.25, 0.3) is 0 Å². The molecule has 1 aliphatic heterocycles. The molecule has 0 radical (unpaired) electrons. The van der Waals surface area contributed by atoms with Gasteiger partial charge in [0.2, 0.25) is 21.8 Å². The number of nitrogens with one attached hydrogen (secondary N) is 1. The minimum absolute atomic E-state index is 0.0585. The zero-order chi connectivity index (χ0) is 12.6. The molecule has 0 spiro atoms. The first-order valence-electron chi connectivity index (χ1n) is 5.06. The van der Waals surface area contributed by atoms with Gasteiger partial charge in [-0.25, -0.2) is 8.42 Å². The molecular weight excluding hydrogens is 232 g/mol. The van der Waals surface area contributed by atoms with E-state index < -0.39 is 27.4 Å². The van der Waals surface area contributed by atoms with Crippen LogP contribution in [-0.4, -0.2) is 42.4 Å². The number of hydrogen-bond donors (Lipinski definition) is 1. The largest absolute Gasteiger partial charge is 0.294 e. The van der Waals surface area contributed by atoms with Crippen molar-refractivity contribution >= 4 is 21.8 Å². The Morgan fingerprint density at radius 1 is 1.38 bits per heavy atom. The number of amides is 2. The molecule has 1 fully saturated rings. The number of hydrogen-bond acceptors (Lipinski definition) is 4. The van der Waals surface area contributed by atoms with Crippen molar-refractivity contribution in [3.8, 4) is 0 Å². The Morgan fingerprint density at radius 2 is 1.94 bits per heavy atom. The van der Waals surface area contributed by atoms with Crippen LogP contribution in [0.5, 0.6) is 0 Å². The summed E-state index contributed by atoms with van der Waals surface area (Å²) in [6.07, 6.45) is 0.449. The fraction of sp³-hybridized carbons (Fsp3) is 0.778. The third kappa shape index (κ3) is 2.25. The van der Waals surface area contributed by atoms with Gasteiger partial charge in [0.15, 0.2) is 0 Å². The molecule has 0 atom stereocenters. The first kappa shape index (κ1) is 13.1. The number of imide groups is 1. The van der Waals surface area contributed by atoms with Crippen LogP contribution in [0.2, 0.25) is 0 Å². The van der Waals surface area contributed by atoms with E-state index in [0.29, 0.717) is 6.42 Å². The molecule has 92 valence electrons. The first-order chi connectivity index (χ1) is 7.21. The van der Waals surface area contributed by atoms with E-state index in [4.69, 9.17) is 0 Å². The highest BCUT2D eigenvalue weighted by Gasteiger charge is 2.46. The number of carbonyl (C=O) groups is 2. The van der Waals surface area contributed by atoms with Crippen LogP contribution in [0.1, 0.15) is 27.2 Å². The first-order valence-corrected chi connectivity index (χ1v) is 6.67. The second-order valence-electron chi connectivity index (χ2n) is 4.26. The molecule has 0 unspecified atom stereocenters. The topological polar surface area (TPSA) is 83.6 Å². The summed E-state index contributed by atoms with van der Waals surface area (Å²) >= 11 is 0. The summed E-state index contributed by atoms with van der Waals surface area (Å²) in [4.78, 5) is 22.7. The van der Waals surface area contributed by atoms with Gasteiger partial charge in [-0.1, -0.05) is 6.92 Å². The van der Waals surface area contributed by atoms with Crippen molar-refractivity contribution in [1.29, 1.82) is 0 Å². The lowest BCUT2D eigenvalue weighted by Gasteiger charge is -2.38. The van der Waals surface area contributed by atoms with Crippen LogP contribution in [0.3, 0.4) is 0 Å². The summed E-state index contributed by atoms with van der Waals surface area (Å²) in [7, 11) is -3.56. The molecular formula is C9H16N2O4S. The summed E-state index contributed by atoms with van der Waals surface area (Å²) in [5.74, 6) is -1.22. The van der Waals surface area contributed by atoms with Gasteiger partial charge in [0, 0.05) is 0 Å². The van der Waals surface area contributed by atoms with Gasteiger partial charge in [-0.15, -0.1) is 0 Å². The van der Waals surface area contributed by atoms with Crippen LogP contribution in [0, 0.1) is 0 Å².